The van der Waals surface area contributed by atoms with Gasteiger partial charge in [-0.2, -0.15) is 13.2 Å². The predicted molar refractivity (Wildman–Crippen MR) is 45.7 cm³/mol. The summed E-state index contributed by atoms with van der Waals surface area (Å²) >= 11 is 0. The minimum absolute atomic E-state index is 0.266. The van der Waals surface area contributed by atoms with Crippen LogP contribution < -0.4 is 4.90 Å². The minimum Gasteiger partial charge on any atom is -0.465 e. The molecule has 15 heavy (non-hydrogen) atoms. The lowest BCUT2D eigenvalue weighted by atomic mass is 10.2. The van der Waals surface area contributed by atoms with E-state index in [2.05, 4.69) is 4.98 Å². The van der Waals surface area contributed by atoms with Crippen molar-refractivity contribution in [2.24, 2.45) is 0 Å². The highest BCUT2D eigenvalue weighted by atomic mass is 19.4. The van der Waals surface area contributed by atoms with Gasteiger partial charge in [0.15, 0.2) is 0 Å². The molecule has 82 valence electrons. The van der Waals surface area contributed by atoms with Crippen LogP contribution in [0.5, 0.6) is 0 Å². The van der Waals surface area contributed by atoms with Gasteiger partial charge in [-0.15, -0.1) is 0 Å². The van der Waals surface area contributed by atoms with Gasteiger partial charge in [-0.3, -0.25) is 4.90 Å². The van der Waals surface area contributed by atoms with Crippen LogP contribution in [0.3, 0.4) is 0 Å². The third kappa shape index (κ3) is 2.58. The number of aromatic nitrogens is 1. The molecule has 0 radical (unpaired) electrons. The first-order valence-electron chi connectivity index (χ1n) is 3.82. The molecule has 0 aromatic carbocycles. The molecule has 0 aliphatic carbocycles. The number of halogens is 3. The zero-order valence-corrected chi connectivity index (χ0v) is 7.62. The van der Waals surface area contributed by atoms with Crippen molar-refractivity contribution in [3.8, 4) is 0 Å². The van der Waals surface area contributed by atoms with Crippen molar-refractivity contribution in [1.82, 2.24) is 4.98 Å². The van der Waals surface area contributed by atoms with E-state index in [0.717, 1.165) is 19.3 Å². The van der Waals surface area contributed by atoms with E-state index in [1.165, 1.54) is 0 Å². The second-order valence-electron chi connectivity index (χ2n) is 2.74. The Kier molecular flexibility index (Phi) is 2.83. The van der Waals surface area contributed by atoms with Crippen LogP contribution in [-0.2, 0) is 6.18 Å². The lowest BCUT2D eigenvalue weighted by Gasteiger charge is -2.13. The Hall–Kier alpha value is -1.79. The number of pyridine rings is 1. The smallest absolute Gasteiger partial charge is 0.416 e. The van der Waals surface area contributed by atoms with E-state index in [4.69, 9.17) is 5.11 Å². The number of alkyl halides is 3. The first-order chi connectivity index (χ1) is 6.82. The summed E-state index contributed by atoms with van der Waals surface area (Å²) < 4.78 is 36.7. The van der Waals surface area contributed by atoms with Crippen molar-refractivity contribution in [3.05, 3.63) is 23.9 Å². The summed E-state index contributed by atoms with van der Waals surface area (Å²) in [6.07, 6.45) is -4.96. The molecule has 0 atom stereocenters. The summed E-state index contributed by atoms with van der Waals surface area (Å²) in [6.45, 7) is 0. The topological polar surface area (TPSA) is 53.4 Å². The third-order valence-electron chi connectivity index (χ3n) is 1.70. The normalized spacial score (nSPS) is 11.2. The van der Waals surface area contributed by atoms with Gasteiger partial charge in [0, 0.05) is 13.2 Å². The number of amides is 1. The lowest BCUT2D eigenvalue weighted by molar-refractivity contribution is -0.137. The van der Waals surface area contributed by atoms with Gasteiger partial charge in [-0.25, -0.2) is 9.78 Å². The summed E-state index contributed by atoms with van der Waals surface area (Å²) in [4.78, 5) is 14.6. The molecule has 1 N–H and O–H groups in total. The molecule has 4 nitrogen and oxygen atoms in total. The number of nitrogens with zero attached hydrogens (tertiary/aromatic N) is 2. The van der Waals surface area contributed by atoms with Crippen LogP contribution in [-0.4, -0.2) is 23.2 Å². The van der Waals surface area contributed by atoms with Gasteiger partial charge >= 0.3 is 12.3 Å². The van der Waals surface area contributed by atoms with Crippen molar-refractivity contribution in [2.75, 3.05) is 11.9 Å². The van der Waals surface area contributed by atoms with Crippen LogP contribution >= 0.6 is 0 Å². The van der Waals surface area contributed by atoms with E-state index >= 15 is 0 Å². The Bertz CT molecular complexity index is 378. The fourth-order valence-electron chi connectivity index (χ4n) is 0.876. The van der Waals surface area contributed by atoms with Crippen LogP contribution in [0.25, 0.3) is 0 Å². The SMILES string of the molecule is CN(C(=O)O)c1cc(C(F)(F)F)ccn1. The molecule has 0 unspecified atom stereocenters. The zero-order valence-electron chi connectivity index (χ0n) is 7.62. The first kappa shape index (κ1) is 11.3. The monoisotopic (exact) mass is 220 g/mol. The molecule has 1 aromatic rings. The highest BCUT2D eigenvalue weighted by Gasteiger charge is 2.31. The summed E-state index contributed by atoms with van der Waals surface area (Å²) in [5.41, 5.74) is -0.930. The van der Waals surface area contributed by atoms with Crippen LogP contribution in [0, 0.1) is 0 Å². The van der Waals surface area contributed by atoms with Gasteiger partial charge in [0.2, 0.25) is 0 Å². The number of anilines is 1. The molecule has 1 heterocycles. The van der Waals surface area contributed by atoms with E-state index in [1.807, 2.05) is 0 Å². The summed E-state index contributed by atoms with van der Waals surface area (Å²) in [5, 5.41) is 8.53. The highest BCUT2D eigenvalue weighted by Crippen LogP contribution is 2.30. The van der Waals surface area contributed by atoms with Crippen molar-refractivity contribution < 1.29 is 23.1 Å². The van der Waals surface area contributed by atoms with Crippen molar-refractivity contribution in [2.45, 2.75) is 6.18 Å². The fourth-order valence-corrected chi connectivity index (χ4v) is 0.876. The zero-order chi connectivity index (χ0) is 11.6. The summed E-state index contributed by atoms with van der Waals surface area (Å²) in [6, 6.07) is 1.45. The van der Waals surface area contributed by atoms with Crippen molar-refractivity contribution in [1.29, 1.82) is 0 Å². The summed E-state index contributed by atoms with van der Waals surface area (Å²) in [5.74, 6) is -0.266. The van der Waals surface area contributed by atoms with Crippen molar-refractivity contribution >= 4 is 11.9 Å². The van der Waals surface area contributed by atoms with E-state index < -0.39 is 17.8 Å². The lowest BCUT2D eigenvalue weighted by Crippen LogP contribution is -2.25. The fraction of sp³-hybridized carbons (Fsp3) is 0.250. The van der Waals surface area contributed by atoms with Gasteiger partial charge in [0.1, 0.15) is 5.82 Å². The molecule has 1 amide bonds. The minimum atomic E-state index is -4.50. The van der Waals surface area contributed by atoms with E-state index in [0.29, 0.717) is 11.0 Å². The summed E-state index contributed by atoms with van der Waals surface area (Å²) in [7, 11) is 1.12. The van der Waals surface area contributed by atoms with E-state index in [1.54, 1.807) is 0 Å². The largest absolute Gasteiger partial charge is 0.465 e. The Morgan fingerprint density at radius 3 is 2.60 bits per heavy atom. The molecule has 0 fully saturated rings. The molecule has 0 bridgehead atoms. The molecule has 1 rings (SSSR count). The maximum Gasteiger partial charge on any atom is 0.416 e. The van der Waals surface area contributed by atoms with Crippen LogP contribution in [0.2, 0.25) is 0 Å². The number of carboxylic acid groups (broad SMARTS) is 1. The third-order valence-corrected chi connectivity index (χ3v) is 1.70. The maximum absolute atomic E-state index is 12.2. The van der Waals surface area contributed by atoms with Gasteiger partial charge in [-0.1, -0.05) is 0 Å². The standard InChI is InChI=1S/C8H7F3N2O2/c1-13(7(14)15)6-4-5(2-3-12-6)8(9,10)11/h2-4H,1H3,(H,14,15). The molecule has 0 aliphatic rings. The molecule has 1 aromatic heterocycles. The predicted octanol–water partition coefficient (Wildman–Crippen LogP) is 2.21. The van der Waals surface area contributed by atoms with E-state index in [-0.39, 0.29) is 5.82 Å². The quantitative estimate of drug-likeness (QED) is 0.789. The number of hydrogen-bond acceptors (Lipinski definition) is 2. The molecule has 0 spiro atoms. The molecule has 0 saturated heterocycles. The number of carbonyl (C=O) groups is 1. The van der Waals surface area contributed by atoms with Crippen LogP contribution in [0.4, 0.5) is 23.8 Å². The average molecular weight is 220 g/mol. The Labute approximate surface area is 83.0 Å². The molecule has 7 heteroatoms. The highest BCUT2D eigenvalue weighted by molar-refractivity contribution is 5.83. The number of hydrogen-bond donors (Lipinski definition) is 1. The van der Waals surface area contributed by atoms with Gasteiger partial charge in [-0.05, 0) is 12.1 Å². The van der Waals surface area contributed by atoms with Crippen LogP contribution in [0.1, 0.15) is 5.56 Å². The number of rotatable bonds is 1. The molecule has 0 aliphatic heterocycles. The van der Waals surface area contributed by atoms with Gasteiger partial charge in [0.25, 0.3) is 0 Å². The van der Waals surface area contributed by atoms with Crippen molar-refractivity contribution in [3.63, 3.8) is 0 Å². The second-order valence-corrected chi connectivity index (χ2v) is 2.74. The molecular formula is C8H7F3N2O2. The Morgan fingerprint density at radius 1 is 1.53 bits per heavy atom. The van der Waals surface area contributed by atoms with Gasteiger partial charge in [0.05, 0.1) is 5.56 Å². The maximum atomic E-state index is 12.2. The second kappa shape index (κ2) is 3.76. The van der Waals surface area contributed by atoms with E-state index in [9.17, 15) is 18.0 Å². The molecule has 0 saturated carbocycles. The Balaban J connectivity index is 3.08. The van der Waals surface area contributed by atoms with Gasteiger partial charge < -0.3 is 5.11 Å². The average Bonchev–Trinajstić information content (AvgIpc) is 2.15. The Morgan fingerprint density at radius 2 is 2.13 bits per heavy atom. The van der Waals surface area contributed by atoms with Crippen LogP contribution in [0.15, 0.2) is 18.3 Å². The first-order valence-corrected chi connectivity index (χ1v) is 3.82. The molecular weight excluding hydrogens is 213 g/mol.